The van der Waals surface area contributed by atoms with Gasteiger partial charge < -0.3 is 10.0 Å². The Balaban J connectivity index is 1.97. The topological polar surface area (TPSA) is 60.9 Å². The Morgan fingerprint density at radius 2 is 2.11 bits per heavy atom. The van der Waals surface area contributed by atoms with E-state index in [4.69, 9.17) is 5.11 Å². The van der Waals surface area contributed by atoms with Crippen LogP contribution in [0.1, 0.15) is 16.1 Å². The Bertz CT molecular complexity index is 477. The molecule has 1 aromatic rings. The van der Waals surface area contributed by atoms with Crippen LogP contribution in [-0.2, 0) is 4.79 Å². The Hall–Kier alpha value is -0.920. The molecule has 1 aromatic heterocycles. The summed E-state index contributed by atoms with van der Waals surface area (Å²) in [6.07, 6.45) is 0.808. The van der Waals surface area contributed by atoms with Gasteiger partial charge in [-0.05, 0) is 33.8 Å². The lowest BCUT2D eigenvalue weighted by Crippen LogP contribution is -2.36. The van der Waals surface area contributed by atoms with Crippen LogP contribution >= 0.6 is 27.3 Å². The average molecular weight is 347 g/mol. The zero-order valence-corrected chi connectivity index (χ0v) is 12.7. The number of hydrogen-bond acceptors (Lipinski definition) is 4. The lowest BCUT2D eigenvalue weighted by atomic mass is 10.3. The summed E-state index contributed by atoms with van der Waals surface area (Å²) < 4.78 is 0.828. The van der Waals surface area contributed by atoms with Crippen LogP contribution in [0, 0.1) is 0 Å². The normalized spacial score (nSPS) is 17.2. The molecule has 1 aliphatic heterocycles. The quantitative estimate of drug-likeness (QED) is 0.905. The summed E-state index contributed by atoms with van der Waals surface area (Å²) in [5, 5.41) is 10.7. The van der Waals surface area contributed by atoms with Gasteiger partial charge in [0.1, 0.15) is 4.88 Å². The summed E-state index contributed by atoms with van der Waals surface area (Å²) in [6.45, 7) is 2.64. The Labute approximate surface area is 123 Å². The van der Waals surface area contributed by atoms with Crippen molar-refractivity contribution >= 4 is 39.1 Å². The van der Waals surface area contributed by atoms with Crippen molar-refractivity contribution in [1.82, 2.24) is 9.80 Å². The van der Waals surface area contributed by atoms with Gasteiger partial charge in [-0.3, -0.25) is 14.5 Å². The molecule has 0 saturated carbocycles. The first-order chi connectivity index (χ1) is 9.08. The number of thiophene rings is 1. The van der Waals surface area contributed by atoms with Gasteiger partial charge >= 0.3 is 5.97 Å². The molecular weight excluding hydrogens is 332 g/mol. The molecule has 5 nitrogen and oxygen atoms in total. The molecule has 104 valence electrons. The fourth-order valence-electron chi connectivity index (χ4n) is 2.11. The molecule has 0 bridgehead atoms. The van der Waals surface area contributed by atoms with E-state index in [1.807, 2.05) is 16.3 Å². The smallest absolute Gasteiger partial charge is 0.317 e. The first-order valence-corrected chi connectivity index (χ1v) is 7.71. The van der Waals surface area contributed by atoms with E-state index in [0.29, 0.717) is 24.5 Å². The monoisotopic (exact) mass is 346 g/mol. The van der Waals surface area contributed by atoms with E-state index in [0.717, 1.165) is 17.4 Å². The number of nitrogens with zero attached hydrogens (tertiary/aromatic N) is 2. The number of aliphatic carboxylic acids is 1. The van der Waals surface area contributed by atoms with E-state index < -0.39 is 5.97 Å². The van der Waals surface area contributed by atoms with Crippen molar-refractivity contribution < 1.29 is 14.7 Å². The van der Waals surface area contributed by atoms with Gasteiger partial charge in [-0.15, -0.1) is 11.3 Å². The van der Waals surface area contributed by atoms with Crippen molar-refractivity contribution in [3.05, 3.63) is 20.8 Å². The SMILES string of the molecule is O=C(O)CN1CCCN(C(=O)c2sccc2Br)CC1. The highest BCUT2D eigenvalue weighted by molar-refractivity contribution is 9.10. The van der Waals surface area contributed by atoms with E-state index in [2.05, 4.69) is 15.9 Å². The molecule has 1 saturated heterocycles. The fourth-order valence-corrected chi connectivity index (χ4v) is 3.62. The van der Waals surface area contributed by atoms with Gasteiger partial charge in [-0.25, -0.2) is 0 Å². The first kappa shape index (κ1) is 14.5. The number of carbonyl (C=O) groups excluding carboxylic acids is 1. The van der Waals surface area contributed by atoms with Crippen molar-refractivity contribution in [2.24, 2.45) is 0 Å². The number of halogens is 1. The molecule has 7 heteroatoms. The number of amides is 1. The summed E-state index contributed by atoms with van der Waals surface area (Å²) in [4.78, 5) is 27.4. The molecule has 0 aliphatic carbocycles. The first-order valence-electron chi connectivity index (χ1n) is 6.04. The maximum atomic E-state index is 12.3. The van der Waals surface area contributed by atoms with Gasteiger partial charge in [0.05, 0.1) is 6.54 Å². The van der Waals surface area contributed by atoms with Crippen LogP contribution < -0.4 is 0 Å². The molecule has 2 rings (SSSR count). The Morgan fingerprint density at radius 3 is 2.74 bits per heavy atom. The van der Waals surface area contributed by atoms with Crippen LogP contribution in [0.15, 0.2) is 15.9 Å². The van der Waals surface area contributed by atoms with Gasteiger partial charge in [0.15, 0.2) is 0 Å². The third-order valence-corrected chi connectivity index (χ3v) is 4.87. The minimum atomic E-state index is -0.819. The molecule has 0 atom stereocenters. The molecular formula is C12H15BrN2O3S. The maximum absolute atomic E-state index is 12.3. The summed E-state index contributed by atoms with van der Waals surface area (Å²) >= 11 is 4.80. The lowest BCUT2D eigenvalue weighted by Gasteiger charge is -2.20. The van der Waals surface area contributed by atoms with Crippen molar-refractivity contribution in [1.29, 1.82) is 0 Å². The van der Waals surface area contributed by atoms with Gasteiger partial charge in [0.25, 0.3) is 5.91 Å². The number of carbonyl (C=O) groups is 2. The molecule has 1 N–H and O–H groups in total. The predicted molar refractivity (Wildman–Crippen MR) is 76.6 cm³/mol. The van der Waals surface area contributed by atoms with Crippen LogP contribution in [-0.4, -0.2) is 59.5 Å². The Kier molecular flexibility index (Phi) is 4.95. The van der Waals surface area contributed by atoms with Gasteiger partial charge in [0, 0.05) is 30.7 Å². The number of carboxylic acids is 1. The minimum absolute atomic E-state index is 0.0269. The highest BCUT2D eigenvalue weighted by Crippen LogP contribution is 2.24. The summed E-state index contributed by atoms with van der Waals surface area (Å²) in [6, 6.07) is 1.87. The van der Waals surface area contributed by atoms with E-state index in [9.17, 15) is 9.59 Å². The fraction of sp³-hybridized carbons (Fsp3) is 0.500. The largest absolute Gasteiger partial charge is 0.480 e. The zero-order valence-electron chi connectivity index (χ0n) is 10.3. The average Bonchev–Trinajstić information content (AvgIpc) is 2.64. The van der Waals surface area contributed by atoms with Crippen LogP contribution in [0.5, 0.6) is 0 Å². The van der Waals surface area contributed by atoms with Crippen LogP contribution in [0.2, 0.25) is 0 Å². The number of hydrogen-bond donors (Lipinski definition) is 1. The molecule has 0 spiro atoms. The third-order valence-electron chi connectivity index (χ3n) is 3.05. The van der Waals surface area contributed by atoms with Crippen LogP contribution in [0.25, 0.3) is 0 Å². The van der Waals surface area contributed by atoms with Crippen molar-refractivity contribution in [2.75, 3.05) is 32.7 Å². The molecule has 0 radical (unpaired) electrons. The van der Waals surface area contributed by atoms with Crippen LogP contribution in [0.3, 0.4) is 0 Å². The predicted octanol–water partition coefficient (Wildman–Crippen LogP) is 1.74. The van der Waals surface area contributed by atoms with E-state index >= 15 is 0 Å². The molecule has 0 unspecified atom stereocenters. The van der Waals surface area contributed by atoms with Gasteiger partial charge in [0.2, 0.25) is 0 Å². The molecule has 0 aromatic carbocycles. The summed E-state index contributed by atoms with van der Waals surface area (Å²) in [5.41, 5.74) is 0. The van der Waals surface area contributed by atoms with E-state index in [1.165, 1.54) is 11.3 Å². The standard InChI is InChI=1S/C12H15BrN2O3S/c13-9-2-7-19-11(9)12(18)15-4-1-3-14(5-6-15)8-10(16)17/h2,7H,1,3-6,8H2,(H,16,17). The molecule has 1 fully saturated rings. The third kappa shape index (κ3) is 3.77. The van der Waals surface area contributed by atoms with Crippen molar-refractivity contribution in [2.45, 2.75) is 6.42 Å². The van der Waals surface area contributed by atoms with Crippen molar-refractivity contribution in [3.8, 4) is 0 Å². The summed E-state index contributed by atoms with van der Waals surface area (Å²) in [7, 11) is 0. The zero-order chi connectivity index (χ0) is 13.8. The van der Waals surface area contributed by atoms with Gasteiger partial charge in [-0.2, -0.15) is 0 Å². The lowest BCUT2D eigenvalue weighted by molar-refractivity contribution is -0.138. The molecule has 1 aliphatic rings. The Morgan fingerprint density at radius 1 is 1.32 bits per heavy atom. The molecule has 19 heavy (non-hydrogen) atoms. The maximum Gasteiger partial charge on any atom is 0.317 e. The number of rotatable bonds is 3. The van der Waals surface area contributed by atoms with Crippen LogP contribution in [0.4, 0.5) is 0 Å². The van der Waals surface area contributed by atoms with E-state index in [-0.39, 0.29) is 12.5 Å². The minimum Gasteiger partial charge on any atom is -0.480 e. The highest BCUT2D eigenvalue weighted by Gasteiger charge is 2.23. The second-order valence-electron chi connectivity index (χ2n) is 4.41. The second-order valence-corrected chi connectivity index (χ2v) is 6.18. The summed E-state index contributed by atoms with van der Waals surface area (Å²) in [5.74, 6) is -0.792. The molecule has 1 amide bonds. The van der Waals surface area contributed by atoms with E-state index in [1.54, 1.807) is 4.90 Å². The van der Waals surface area contributed by atoms with Gasteiger partial charge in [-0.1, -0.05) is 0 Å². The number of carboxylic acid groups (broad SMARTS) is 1. The second kappa shape index (κ2) is 6.49. The molecule has 2 heterocycles. The van der Waals surface area contributed by atoms with Crippen molar-refractivity contribution in [3.63, 3.8) is 0 Å². The highest BCUT2D eigenvalue weighted by atomic mass is 79.9.